The molecule has 15 heavy (non-hydrogen) atoms. The Morgan fingerprint density at radius 1 is 1.60 bits per heavy atom. The maximum Gasteiger partial charge on any atom is 0.341 e. The van der Waals surface area contributed by atoms with Gasteiger partial charge < -0.3 is 15.8 Å². The fraction of sp³-hybridized carbons (Fsp3) is 0.778. The van der Waals surface area contributed by atoms with Gasteiger partial charge in [0.05, 0.1) is 5.84 Å². The van der Waals surface area contributed by atoms with E-state index in [0.29, 0.717) is 25.2 Å². The summed E-state index contributed by atoms with van der Waals surface area (Å²) in [6.07, 6.45) is 2.97. The highest BCUT2D eigenvalue weighted by Gasteiger charge is 2.13. The van der Waals surface area contributed by atoms with E-state index in [1.165, 1.54) is 0 Å². The number of aliphatic imine (C=N–C) groups is 1. The minimum atomic E-state index is -0.676. The molecular formula is C9H18ClN3O2. The van der Waals surface area contributed by atoms with E-state index >= 15 is 0 Å². The molecule has 5 nitrogen and oxygen atoms in total. The van der Waals surface area contributed by atoms with Crippen molar-refractivity contribution in [3.63, 3.8) is 0 Å². The Morgan fingerprint density at radius 3 is 2.80 bits per heavy atom. The molecule has 88 valence electrons. The van der Waals surface area contributed by atoms with Crippen molar-refractivity contribution in [1.29, 1.82) is 0 Å². The van der Waals surface area contributed by atoms with Crippen molar-refractivity contribution in [3.05, 3.63) is 0 Å². The maximum absolute atomic E-state index is 10.8. The standard InChI is InChI=1S/C9H18ClN3O2/c1-2-4-8(12)13-6-3-5-7(11)9(14)15-10/h7H,2-6,11H2,1H3,(H2,12,13). The van der Waals surface area contributed by atoms with Crippen molar-refractivity contribution in [2.45, 2.75) is 38.6 Å². The van der Waals surface area contributed by atoms with Gasteiger partial charge >= 0.3 is 5.97 Å². The van der Waals surface area contributed by atoms with Crippen LogP contribution >= 0.6 is 11.9 Å². The van der Waals surface area contributed by atoms with Gasteiger partial charge in [0.1, 0.15) is 17.9 Å². The zero-order valence-corrected chi connectivity index (χ0v) is 9.67. The largest absolute Gasteiger partial charge is 0.387 e. The predicted octanol–water partition coefficient (Wildman–Crippen LogP) is 0.948. The van der Waals surface area contributed by atoms with E-state index in [4.69, 9.17) is 23.3 Å². The van der Waals surface area contributed by atoms with E-state index < -0.39 is 12.0 Å². The van der Waals surface area contributed by atoms with Crippen LogP contribution < -0.4 is 11.5 Å². The van der Waals surface area contributed by atoms with Gasteiger partial charge in [-0.1, -0.05) is 6.92 Å². The molecule has 0 saturated heterocycles. The number of halogens is 1. The van der Waals surface area contributed by atoms with E-state index in [0.717, 1.165) is 12.8 Å². The van der Waals surface area contributed by atoms with Crippen LogP contribution in [0.4, 0.5) is 0 Å². The van der Waals surface area contributed by atoms with Gasteiger partial charge in [-0.05, 0) is 19.3 Å². The van der Waals surface area contributed by atoms with Gasteiger partial charge in [0.25, 0.3) is 0 Å². The van der Waals surface area contributed by atoms with Crippen molar-refractivity contribution < 1.29 is 9.08 Å². The van der Waals surface area contributed by atoms with Crippen LogP contribution in [0.25, 0.3) is 0 Å². The third kappa shape index (κ3) is 7.16. The minimum Gasteiger partial charge on any atom is -0.387 e. The number of carbonyl (C=O) groups excluding carboxylic acids is 1. The first-order valence-corrected chi connectivity index (χ1v) is 5.29. The van der Waals surface area contributed by atoms with Crippen molar-refractivity contribution in [2.24, 2.45) is 16.5 Å². The second-order valence-electron chi connectivity index (χ2n) is 3.27. The lowest BCUT2D eigenvalue weighted by molar-refractivity contribution is -0.135. The molecule has 4 N–H and O–H groups in total. The predicted molar refractivity (Wildman–Crippen MR) is 60.6 cm³/mol. The Morgan fingerprint density at radius 2 is 2.27 bits per heavy atom. The molecular weight excluding hydrogens is 218 g/mol. The summed E-state index contributed by atoms with van der Waals surface area (Å²) in [5.41, 5.74) is 11.1. The first-order chi connectivity index (χ1) is 7.11. The average Bonchev–Trinajstić information content (AvgIpc) is 2.23. The van der Waals surface area contributed by atoms with Crippen molar-refractivity contribution >= 4 is 23.7 Å². The molecule has 1 unspecified atom stereocenters. The molecule has 0 heterocycles. The molecule has 6 heteroatoms. The number of rotatable bonds is 7. The number of carbonyl (C=O) groups is 1. The number of nitrogens with two attached hydrogens (primary N) is 2. The average molecular weight is 236 g/mol. The highest BCUT2D eigenvalue weighted by Crippen LogP contribution is 1.99. The molecule has 0 aromatic heterocycles. The normalized spacial score (nSPS) is 13.7. The molecule has 0 aliphatic heterocycles. The topological polar surface area (TPSA) is 90.7 Å². The molecule has 0 amide bonds. The Balaban J connectivity index is 3.62. The second kappa shape index (κ2) is 8.49. The summed E-state index contributed by atoms with van der Waals surface area (Å²) in [6.45, 7) is 2.61. The van der Waals surface area contributed by atoms with E-state index in [9.17, 15) is 4.79 Å². The molecule has 0 rings (SSSR count). The second-order valence-corrected chi connectivity index (χ2v) is 3.42. The Kier molecular flexibility index (Phi) is 8.04. The van der Waals surface area contributed by atoms with E-state index in [2.05, 4.69) is 9.28 Å². The van der Waals surface area contributed by atoms with Crippen LogP contribution in [0.5, 0.6) is 0 Å². The highest BCUT2D eigenvalue weighted by atomic mass is 35.5. The first kappa shape index (κ1) is 14.2. The Labute approximate surface area is 95.0 Å². The number of hydrogen-bond donors (Lipinski definition) is 2. The third-order valence-corrected chi connectivity index (χ3v) is 2.03. The number of hydrogen-bond acceptors (Lipinski definition) is 4. The van der Waals surface area contributed by atoms with E-state index in [1.54, 1.807) is 0 Å². The van der Waals surface area contributed by atoms with Gasteiger partial charge in [0.2, 0.25) is 0 Å². The molecule has 0 aromatic rings. The molecule has 1 atom stereocenters. The lowest BCUT2D eigenvalue weighted by Gasteiger charge is -2.05. The summed E-state index contributed by atoms with van der Waals surface area (Å²) < 4.78 is 3.98. The highest BCUT2D eigenvalue weighted by molar-refractivity contribution is 6.13. The number of amidine groups is 1. The van der Waals surface area contributed by atoms with Gasteiger partial charge in [-0.25, -0.2) is 4.79 Å². The summed E-state index contributed by atoms with van der Waals surface area (Å²) in [5.74, 6) is 0.0353. The Bertz CT molecular complexity index is 221. The zero-order chi connectivity index (χ0) is 11.7. The van der Waals surface area contributed by atoms with Crippen LogP contribution in [0.3, 0.4) is 0 Å². The van der Waals surface area contributed by atoms with Gasteiger partial charge in [0.15, 0.2) is 0 Å². The molecule has 0 fully saturated rings. The van der Waals surface area contributed by atoms with Gasteiger partial charge in [-0.2, -0.15) is 0 Å². The Hall–Kier alpha value is -0.810. The maximum atomic E-state index is 10.8. The summed E-state index contributed by atoms with van der Waals surface area (Å²) in [4.78, 5) is 14.9. The summed E-state index contributed by atoms with van der Waals surface area (Å²) in [7, 11) is 0. The van der Waals surface area contributed by atoms with Gasteiger partial charge in [0, 0.05) is 13.0 Å². The minimum absolute atomic E-state index is 0.495. The number of nitrogens with zero attached hydrogens (tertiary/aromatic N) is 1. The van der Waals surface area contributed by atoms with E-state index in [1.807, 2.05) is 6.92 Å². The summed E-state index contributed by atoms with van der Waals surface area (Å²) >= 11 is 4.87. The third-order valence-electron chi connectivity index (χ3n) is 1.87. The smallest absolute Gasteiger partial charge is 0.341 e. The summed E-state index contributed by atoms with van der Waals surface area (Å²) in [5, 5.41) is 0. The van der Waals surface area contributed by atoms with Crippen LogP contribution in [0.1, 0.15) is 32.6 Å². The molecule has 0 spiro atoms. The lowest BCUT2D eigenvalue weighted by atomic mass is 10.2. The SMILES string of the molecule is CCCC(N)=NCCCC(N)C(=O)OCl. The molecule has 0 bridgehead atoms. The van der Waals surface area contributed by atoms with Gasteiger partial charge in [-0.3, -0.25) is 4.99 Å². The lowest BCUT2D eigenvalue weighted by Crippen LogP contribution is -2.30. The van der Waals surface area contributed by atoms with Crippen LogP contribution in [0.2, 0.25) is 0 Å². The van der Waals surface area contributed by atoms with Crippen molar-refractivity contribution in [3.8, 4) is 0 Å². The monoisotopic (exact) mass is 235 g/mol. The fourth-order valence-corrected chi connectivity index (χ4v) is 1.16. The fourth-order valence-electron chi connectivity index (χ4n) is 1.04. The molecule has 0 saturated carbocycles. The quantitative estimate of drug-likeness (QED) is 0.391. The first-order valence-electron chi connectivity index (χ1n) is 4.98. The molecule has 0 aliphatic carbocycles. The van der Waals surface area contributed by atoms with Crippen LogP contribution in [-0.4, -0.2) is 24.4 Å². The molecule has 0 aromatic carbocycles. The van der Waals surface area contributed by atoms with Gasteiger partial charge in [-0.15, -0.1) is 0 Å². The van der Waals surface area contributed by atoms with Crippen LogP contribution in [-0.2, 0) is 9.08 Å². The van der Waals surface area contributed by atoms with Crippen molar-refractivity contribution in [1.82, 2.24) is 0 Å². The van der Waals surface area contributed by atoms with Crippen molar-refractivity contribution in [2.75, 3.05) is 6.54 Å². The van der Waals surface area contributed by atoms with Crippen LogP contribution in [0, 0.1) is 0 Å². The summed E-state index contributed by atoms with van der Waals surface area (Å²) in [6, 6.07) is -0.676. The zero-order valence-electron chi connectivity index (χ0n) is 8.91. The molecule has 0 aliphatic rings. The van der Waals surface area contributed by atoms with E-state index in [-0.39, 0.29) is 0 Å². The molecule has 0 radical (unpaired) electrons. The van der Waals surface area contributed by atoms with Crippen LogP contribution in [0.15, 0.2) is 4.99 Å².